The predicted octanol–water partition coefficient (Wildman–Crippen LogP) is 4.64. The van der Waals surface area contributed by atoms with E-state index in [-0.39, 0.29) is 6.10 Å². The molecule has 0 spiro atoms. The Morgan fingerprint density at radius 1 is 0.944 bits per heavy atom. The molecule has 3 aromatic rings. The lowest BCUT2D eigenvalue weighted by atomic mass is 10.1. The zero-order valence-electron chi connectivity index (χ0n) is 10.2. The first-order valence-electron chi connectivity index (χ1n) is 5.94. The number of methoxy groups -OCH3 is 1. The van der Waals surface area contributed by atoms with E-state index in [2.05, 4.69) is 54.6 Å². The van der Waals surface area contributed by atoms with Crippen molar-refractivity contribution in [3.63, 3.8) is 0 Å². The van der Waals surface area contributed by atoms with Gasteiger partial charge in [-0.05, 0) is 23.1 Å². The van der Waals surface area contributed by atoms with Crippen LogP contribution in [0.4, 0.5) is 0 Å². The van der Waals surface area contributed by atoms with Gasteiger partial charge in [-0.3, -0.25) is 0 Å². The fourth-order valence-corrected chi connectivity index (χ4v) is 3.35. The summed E-state index contributed by atoms with van der Waals surface area (Å²) >= 11 is 1.80. The molecule has 0 amide bonds. The van der Waals surface area contributed by atoms with Crippen LogP contribution in [0.3, 0.4) is 0 Å². The maximum Gasteiger partial charge on any atom is 0.116 e. The summed E-state index contributed by atoms with van der Waals surface area (Å²) in [5, 5.41) is 1.29. The van der Waals surface area contributed by atoms with Crippen molar-refractivity contribution in [3.8, 4) is 0 Å². The second-order valence-corrected chi connectivity index (χ2v) is 5.33. The largest absolute Gasteiger partial charge is 0.371 e. The molecule has 1 unspecified atom stereocenters. The van der Waals surface area contributed by atoms with Crippen molar-refractivity contribution < 1.29 is 4.74 Å². The summed E-state index contributed by atoms with van der Waals surface area (Å²) in [5.41, 5.74) is 1.20. The third kappa shape index (κ3) is 2.05. The molecule has 18 heavy (non-hydrogen) atoms. The fraction of sp³-hybridized carbons (Fsp3) is 0.125. The Labute approximate surface area is 111 Å². The van der Waals surface area contributed by atoms with Crippen molar-refractivity contribution in [2.75, 3.05) is 7.11 Å². The predicted molar refractivity (Wildman–Crippen MR) is 77.1 cm³/mol. The average molecular weight is 254 g/mol. The maximum absolute atomic E-state index is 5.66. The third-order valence-corrected chi connectivity index (χ3v) is 4.20. The third-order valence-electron chi connectivity index (χ3n) is 3.04. The van der Waals surface area contributed by atoms with Gasteiger partial charge in [-0.15, -0.1) is 11.3 Å². The molecule has 1 heterocycles. The van der Waals surface area contributed by atoms with Gasteiger partial charge in [-0.1, -0.05) is 48.5 Å². The van der Waals surface area contributed by atoms with Gasteiger partial charge in [0.2, 0.25) is 0 Å². The Kier molecular flexibility index (Phi) is 3.13. The minimum Gasteiger partial charge on any atom is -0.371 e. The second-order valence-electron chi connectivity index (χ2n) is 4.21. The van der Waals surface area contributed by atoms with Gasteiger partial charge in [0.1, 0.15) is 6.10 Å². The minimum absolute atomic E-state index is 0.0311. The molecular weight excluding hydrogens is 240 g/mol. The van der Waals surface area contributed by atoms with Crippen LogP contribution < -0.4 is 0 Å². The van der Waals surface area contributed by atoms with E-state index in [1.165, 1.54) is 20.5 Å². The molecule has 0 saturated heterocycles. The molecule has 1 atom stereocenters. The summed E-state index contributed by atoms with van der Waals surface area (Å²) in [7, 11) is 1.77. The van der Waals surface area contributed by atoms with E-state index < -0.39 is 0 Å². The van der Waals surface area contributed by atoms with Crippen LogP contribution in [0.1, 0.15) is 16.5 Å². The Morgan fingerprint density at radius 3 is 2.39 bits per heavy atom. The van der Waals surface area contributed by atoms with E-state index >= 15 is 0 Å². The lowest BCUT2D eigenvalue weighted by Crippen LogP contribution is -2.00. The zero-order valence-corrected chi connectivity index (χ0v) is 11.0. The van der Waals surface area contributed by atoms with Crippen LogP contribution in [0.2, 0.25) is 0 Å². The molecule has 0 aliphatic rings. The standard InChI is InChI=1S/C16H14OS/c1-17-16(12-7-3-2-4-8-12)15-11-13-9-5-6-10-14(13)18-15/h2-11,16H,1H3. The lowest BCUT2D eigenvalue weighted by Gasteiger charge is -2.13. The van der Waals surface area contributed by atoms with Gasteiger partial charge in [0.25, 0.3) is 0 Å². The Balaban J connectivity index is 2.06. The van der Waals surface area contributed by atoms with Crippen molar-refractivity contribution >= 4 is 21.4 Å². The first kappa shape index (κ1) is 11.5. The van der Waals surface area contributed by atoms with Crippen molar-refractivity contribution in [2.24, 2.45) is 0 Å². The molecule has 0 radical (unpaired) electrons. The van der Waals surface area contributed by atoms with Crippen LogP contribution >= 0.6 is 11.3 Å². The van der Waals surface area contributed by atoms with E-state index in [4.69, 9.17) is 4.74 Å². The van der Waals surface area contributed by atoms with E-state index in [1.807, 2.05) is 6.07 Å². The first-order valence-corrected chi connectivity index (χ1v) is 6.76. The molecular formula is C16H14OS. The number of benzene rings is 2. The summed E-state index contributed by atoms with van der Waals surface area (Å²) in [6.07, 6.45) is 0.0311. The highest BCUT2D eigenvalue weighted by Crippen LogP contribution is 2.34. The molecule has 0 N–H and O–H groups in total. The molecule has 0 bridgehead atoms. The number of ether oxygens (including phenoxy) is 1. The topological polar surface area (TPSA) is 9.23 Å². The number of rotatable bonds is 3. The summed E-state index contributed by atoms with van der Waals surface area (Å²) < 4.78 is 6.97. The molecule has 0 saturated carbocycles. The van der Waals surface area contributed by atoms with E-state index in [9.17, 15) is 0 Å². The first-order chi connectivity index (χ1) is 8.88. The van der Waals surface area contributed by atoms with Gasteiger partial charge in [0.15, 0.2) is 0 Å². The normalized spacial score (nSPS) is 12.7. The Morgan fingerprint density at radius 2 is 1.67 bits per heavy atom. The molecule has 1 nitrogen and oxygen atoms in total. The Hall–Kier alpha value is -1.64. The molecule has 1 aromatic heterocycles. The van der Waals surface area contributed by atoms with Crippen molar-refractivity contribution in [1.29, 1.82) is 0 Å². The van der Waals surface area contributed by atoms with Gasteiger partial charge >= 0.3 is 0 Å². The van der Waals surface area contributed by atoms with Crippen molar-refractivity contribution in [1.82, 2.24) is 0 Å². The number of hydrogen-bond donors (Lipinski definition) is 0. The van der Waals surface area contributed by atoms with Gasteiger partial charge < -0.3 is 4.74 Å². The number of hydrogen-bond acceptors (Lipinski definition) is 2. The SMILES string of the molecule is COC(c1ccccc1)c1cc2ccccc2s1. The van der Waals surface area contributed by atoms with Crippen LogP contribution in [0.25, 0.3) is 10.1 Å². The molecule has 0 aliphatic heterocycles. The minimum atomic E-state index is 0.0311. The second kappa shape index (κ2) is 4.92. The molecule has 2 aromatic carbocycles. The summed E-state index contributed by atoms with van der Waals surface area (Å²) in [6.45, 7) is 0. The molecule has 0 aliphatic carbocycles. The monoisotopic (exact) mass is 254 g/mol. The van der Waals surface area contributed by atoms with E-state index in [0.29, 0.717) is 0 Å². The Bertz CT molecular complexity index is 609. The van der Waals surface area contributed by atoms with Crippen molar-refractivity contribution in [3.05, 3.63) is 71.1 Å². The summed E-state index contributed by atoms with van der Waals surface area (Å²) in [5.74, 6) is 0. The van der Waals surface area contributed by atoms with E-state index in [1.54, 1.807) is 18.4 Å². The smallest absolute Gasteiger partial charge is 0.116 e. The number of thiophene rings is 1. The van der Waals surface area contributed by atoms with E-state index in [0.717, 1.165) is 0 Å². The highest BCUT2D eigenvalue weighted by molar-refractivity contribution is 7.19. The average Bonchev–Trinajstić information content (AvgIpc) is 2.84. The molecule has 90 valence electrons. The fourth-order valence-electron chi connectivity index (χ4n) is 2.18. The van der Waals surface area contributed by atoms with Gasteiger partial charge in [0.05, 0.1) is 0 Å². The zero-order chi connectivity index (χ0) is 12.4. The summed E-state index contributed by atoms with van der Waals surface area (Å²) in [4.78, 5) is 1.25. The highest BCUT2D eigenvalue weighted by Gasteiger charge is 2.15. The van der Waals surface area contributed by atoms with Crippen LogP contribution in [-0.4, -0.2) is 7.11 Å². The number of fused-ring (bicyclic) bond motifs is 1. The van der Waals surface area contributed by atoms with Gasteiger partial charge in [0, 0.05) is 16.7 Å². The highest BCUT2D eigenvalue weighted by atomic mass is 32.1. The molecule has 2 heteroatoms. The van der Waals surface area contributed by atoms with Crippen LogP contribution in [0, 0.1) is 0 Å². The maximum atomic E-state index is 5.66. The van der Waals surface area contributed by atoms with Crippen molar-refractivity contribution in [2.45, 2.75) is 6.10 Å². The van der Waals surface area contributed by atoms with Crippen LogP contribution in [-0.2, 0) is 4.74 Å². The molecule has 3 rings (SSSR count). The van der Waals surface area contributed by atoms with Crippen LogP contribution in [0.15, 0.2) is 60.7 Å². The van der Waals surface area contributed by atoms with Crippen LogP contribution in [0.5, 0.6) is 0 Å². The lowest BCUT2D eigenvalue weighted by molar-refractivity contribution is 0.139. The molecule has 0 fully saturated rings. The quantitative estimate of drug-likeness (QED) is 0.661. The summed E-state index contributed by atoms with van der Waals surface area (Å²) in [6, 6.07) is 21.0. The van der Waals surface area contributed by atoms with Gasteiger partial charge in [-0.25, -0.2) is 0 Å². The van der Waals surface area contributed by atoms with Gasteiger partial charge in [-0.2, -0.15) is 0 Å².